The minimum Gasteiger partial charge on any atom is -0.467 e. The lowest BCUT2D eigenvalue weighted by atomic mass is 9.93. The standard InChI is InChI=1S/C14H23NO3/c1-10-6-5-7-11(10)13(16)15-9-4-3-8-12(15)14(17)18-2/h10-12H,3-9H2,1-2H3/t10?,11?,12-/m1/s1. The van der Waals surface area contributed by atoms with E-state index in [2.05, 4.69) is 6.92 Å². The van der Waals surface area contributed by atoms with Crippen LogP contribution in [0.15, 0.2) is 0 Å². The summed E-state index contributed by atoms with van der Waals surface area (Å²) in [7, 11) is 1.40. The van der Waals surface area contributed by atoms with Crippen molar-refractivity contribution in [2.45, 2.75) is 51.5 Å². The van der Waals surface area contributed by atoms with Gasteiger partial charge < -0.3 is 9.64 Å². The van der Waals surface area contributed by atoms with E-state index in [0.29, 0.717) is 12.5 Å². The molecule has 3 atom stereocenters. The Labute approximate surface area is 109 Å². The van der Waals surface area contributed by atoms with Crippen LogP contribution in [-0.4, -0.2) is 36.5 Å². The van der Waals surface area contributed by atoms with Gasteiger partial charge in [0, 0.05) is 12.5 Å². The second-order valence-electron chi connectivity index (χ2n) is 5.58. The summed E-state index contributed by atoms with van der Waals surface area (Å²) in [6, 6.07) is -0.343. The van der Waals surface area contributed by atoms with E-state index in [1.807, 2.05) is 0 Å². The van der Waals surface area contributed by atoms with Gasteiger partial charge in [0.25, 0.3) is 0 Å². The minimum atomic E-state index is -0.343. The molecule has 0 aromatic heterocycles. The first kappa shape index (κ1) is 13.4. The molecule has 102 valence electrons. The van der Waals surface area contributed by atoms with Gasteiger partial charge in [-0.1, -0.05) is 13.3 Å². The Hall–Kier alpha value is -1.06. The molecule has 1 saturated heterocycles. The Kier molecular flexibility index (Phi) is 4.25. The van der Waals surface area contributed by atoms with E-state index in [0.717, 1.165) is 38.5 Å². The Bertz CT molecular complexity index is 329. The molecular formula is C14H23NO3. The van der Waals surface area contributed by atoms with Gasteiger partial charge >= 0.3 is 5.97 Å². The summed E-state index contributed by atoms with van der Waals surface area (Å²) in [5.74, 6) is 0.497. The first-order valence-electron chi connectivity index (χ1n) is 7.03. The quantitative estimate of drug-likeness (QED) is 0.707. The summed E-state index contributed by atoms with van der Waals surface area (Å²) in [6.45, 7) is 2.86. The lowest BCUT2D eigenvalue weighted by molar-refractivity contribution is -0.156. The van der Waals surface area contributed by atoms with E-state index in [-0.39, 0.29) is 23.8 Å². The molecule has 1 aliphatic heterocycles. The van der Waals surface area contributed by atoms with E-state index >= 15 is 0 Å². The van der Waals surface area contributed by atoms with E-state index in [1.54, 1.807) is 4.90 Å². The third kappa shape index (κ3) is 2.52. The average molecular weight is 253 g/mol. The lowest BCUT2D eigenvalue weighted by Gasteiger charge is -2.36. The van der Waals surface area contributed by atoms with Crippen LogP contribution >= 0.6 is 0 Å². The molecule has 1 heterocycles. The summed E-state index contributed by atoms with van der Waals surface area (Å²) in [5.41, 5.74) is 0. The molecule has 4 nitrogen and oxygen atoms in total. The highest BCUT2D eigenvalue weighted by Gasteiger charge is 2.39. The number of rotatable bonds is 2. The molecule has 2 fully saturated rings. The summed E-state index contributed by atoms with van der Waals surface area (Å²) >= 11 is 0. The number of likely N-dealkylation sites (tertiary alicyclic amines) is 1. The van der Waals surface area contributed by atoms with E-state index < -0.39 is 0 Å². The molecule has 0 N–H and O–H groups in total. The maximum atomic E-state index is 12.6. The number of esters is 1. The SMILES string of the molecule is COC(=O)[C@H]1CCCCN1C(=O)C1CCCC1C. The summed E-state index contributed by atoms with van der Waals surface area (Å²) in [4.78, 5) is 26.1. The van der Waals surface area contributed by atoms with Crippen molar-refractivity contribution in [1.82, 2.24) is 4.90 Å². The fraction of sp³-hybridized carbons (Fsp3) is 0.857. The largest absolute Gasteiger partial charge is 0.467 e. The van der Waals surface area contributed by atoms with Gasteiger partial charge in [-0.3, -0.25) is 4.79 Å². The third-order valence-corrected chi connectivity index (χ3v) is 4.44. The van der Waals surface area contributed by atoms with Gasteiger partial charge in [-0.25, -0.2) is 4.79 Å². The lowest BCUT2D eigenvalue weighted by Crippen LogP contribution is -2.50. The Balaban J connectivity index is 2.08. The van der Waals surface area contributed by atoms with Crippen LogP contribution in [0.5, 0.6) is 0 Å². The van der Waals surface area contributed by atoms with Gasteiger partial charge in [-0.2, -0.15) is 0 Å². The molecule has 0 aromatic carbocycles. The van der Waals surface area contributed by atoms with Crippen LogP contribution in [0.4, 0.5) is 0 Å². The van der Waals surface area contributed by atoms with Gasteiger partial charge in [0.15, 0.2) is 0 Å². The molecule has 2 aliphatic rings. The highest BCUT2D eigenvalue weighted by atomic mass is 16.5. The number of piperidine rings is 1. The highest BCUT2D eigenvalue weighted by Crippen LogP contribution is 2.34. The minimum absolute atomic E-state index is 0.121. The van der Waals surface area contributed by atoms with Crippen LogP contribution in [0, 0.1) is 11.8 Å². The first-order chi connectivity index (χ1) is 8.65. The van der Waals surface area contributed by atoms with E-state index in [9.17, 15) is 9.59 Å². The van der Waals surface area contributed by atoms with Gasteiger partial charge in [0.05, 0.1) is 7.11 Å². The van der Waals surface area contributed by atoms with Crippen LogP contribution in [0.25, 0.3) is 0 Å². The number of ether oxygens (including phenoxy) is 1. The van der Waals surface area contributed by atoms with Gasteiger partial charge in [0.2, 0.25) is 5.91 Å². The number of carbonyl (C=O) groups is 2. The fourth-order valence-electron chi connectivity index (χ4n) is 3.30. The monoisotopic (exact) mass is 253 g/mol. The van der Waals surface area contributed by atoms with Crippen LogP contribution in [0.1, 0.15) is 45.4 Å². The zero-order valence-corrected chi connectivity index (χ0v) is 11.4. The molecule has 1 saturated carbocycles. The molecular weight excluding hydrogens is 230 g/mol. The van der Waals surface area contributed by atoms with Gasteiger partial charge in [-0.15, -0.1) is 0 Å². The highest BCUT2D eigenvalue weighted by molar-refractivity contribution is 5.86. The van der Waals surface area contributed by atoms with E-state index in [4.69, 9.17) is 4.74 Å². The number of carbonyl (C=O) groups excluding carboxylic acids is 2. The summed E-state index contributed by atoms with van der Waals surface area (Å²) in [5, 5.41) is 0. The van der Waals surface area contributed by atoms with Crippen molar-refractivity contribution in [3.63, 3.8) is 0 Å². The van der Waals surface area contributed by atoms with Crippen LogP contribution < -0.4 is 0 Å². The molecule has 0 spiro atoms. The zero-order chi connectivity index (χ0) is 13.1. The van der Waals surface area contributed by atoms with E-state index in [1.165, 1.54) is 7.11 Å². The molecule has 1 amide bonds. The molecule has 2 unspecified atom stereocenters. The topological polar surface area (TPSA) is 46.6 Å². The summed E-state index contributed by atoms with van der Waals surface area (Å²) in [6.07, 6.45) is 6.00. The van der Waals surface area contributed by atoms with Crippen molar-refractivity contribution in [1.29, 1.82) is 0 Å². The van der Waals surface area contributed by atoms with Crippen molar-refractivity contribution < 1.29 is 14.3 Å². The molecule has 18 heavy (non-hydrogen) atoms. The predicted octanol–water partition coefficient (Wildman–Crippen LogP) is 1.98. The van der Waals surface area contributed by atoms with Gasteiger partial charge in [0.1, 0.15) is 6.04 Å². The molecule has 0 aromatic rings. The van der Waals surface area contributed by atoms with Crippen molar-refractivity contribution >= 4 is 11.9 Å². The molecule has 0 bridgehead atoms. The Morgan fingerprint density at radius 3 is 2.50 bits per heavy atom. The molecule has 0 radical (unpaired) electrons. The average Bonchev–Trinajstić information content (AvgIpc) is 2.83. The Morgan fingerprint density at radius 2 is 1.89 bits per heavy atom. The molecule has 4 heteroatoms. The predicted molar refractivity (Wildman–Crippen MR) is 67.9 cm³/mol. The molecule has 1 aliphatic carbocycles. The maximum Gasteiger partial charge on any atom is 0.328 e. The normalized spacial score (nSPS) is 32.3. The van der Waals surface area contributed by atoms with Crippen LogP contribution in [0.2, 0.25) is 0 Å². The van der Waals surface area contributed by atoms with Crippen molar-refractivity contribution in [3.05, 3.63) is 0 Å². The molecule has 2 rings (SSSR count). The third-order valence-electron chi connectivity index (χ3n) is 4.44. The Morgan fingerprint density at radius 1 is 1.11 bits per heavy atom. The smallest absolute Gasteiger partial charge is 0.328 e. The summed E-state index contributed by atoms with van der Waals surface area (Å²) < 4.78 is 4.83. The van der Waals surface area contributed by atoms with Crippen molar-refractivity contribution in [2.75, 3.05) is 13.7 Å². The van der Waals surface area contributed by atoms with Crippen LogP contribution in [-0.2, 0) is 14.3 Å². The first-order valence-corrected chi connectivity index (χ1v) is 7.03. The fourth-order valence-corrected chi connectivity index (χ4v) is 3.30. The van der Waals surface area contributed by atoms with Gasteiger partial charge in [-0.05, 0) is 38.0 Å². The number of methoxy groups -OCH3 is 1. The second kappa shape index (κ2) is 5.72. The number of hydrogen-bond acceptors (Lipinski definition) is 3. The number of hydrogen-bond donors (Lipinski definition) is 0. The van der Waals surface area contributed by atoms with Crippen molar-refractivity contribution in [2.24, 2.45) is 11.8 Å². The van der Waals surface area contributed by atoms with Crippen LogP contribution in [0.3, 0.4) is 0 Å². The van der Waals surface area contributed by atoms with Crippen molar-refractivity contribution in [3.8, 4) is 0 Å². The number of amides is 1. The maximum absolute atomic E-state index is 12.6. The number of nitrogens with zero attached hydrogens (tertiary/aromatic N) is 1. The second-order valence-corrected chi connectivity index (χ2v) is 5.58. The zero-order valence-electron chi connectivity index (χ0n) is 11.4.